The van der Waals surface area contributed by atoms with Crippen molar-refractivity contribution in [3.63, 3.8) is 0 Å². The van der Waals surface area contributed by atoms with Gasteiger partial charge < -0.3 is 15.2 Å². The van der Waals surface area contributed by atoms with Crippen LogP contribution in [0.3, 0.4) is 0 Å². The van der Waals surface area contributed by atoms with Crippen LogP contribution in [0.15, 0.2) is 73.1 Å². The first-order valence-electron chi connectivity index (χ1n) is 11.4. The summed E-state index contributed by atoms with van der Waals surface area (Å²) in [6.07, 6.45) is 6.79. The fourth-order valence-electron chi connectivity index (χ4n) is 5.15. The number of fused-ring (bicyclic) bond motifs is 3. The molecule has 2 aliphatic rings. The van der Waals surface area contributed by atoms with Crippen LogP contribution in [0.25, 0.3) is 11.1 Å². The Bertz CT molecular complexity index is 1050. The maximum Gasteiger partial charge on any atom is 0.347 e. The third kappa shape index (κ3) is 3.72. The van der Waals surface area contributed by atoms with Crippen molar-refractivity contribution in [1.29, 1.82) is 0 Å². The number of hydrogen-bond acceptors (Lipinski definition) is 5. The van der Waals surface area contributed by atoms with Crippen LogP contribution in [0.4, 0.5) is 0 Å². The topological polar surface area (TPSA) is 71.5 Å². The number of aromatic nitrogens is 1. The number of pyridine rings is 1. The van der Waals surface area contributed by atoms with E-state index < -0.39 is 11.6 Å². The molecule has 1 fully saturated rings. The lowest BCUT2D eigenvalue weighted by Crippen LogP contribution is -2.37. The Hall–Kier alpha value is -3.02. The molecule has 0 amide bonds. The third-order valence-corrected chi connectivity index (χ3v) is 6.87. The molecule has 3 aromatic rings. The number of rotatable bonds is 6. The summed E-state index contributed by atoms with van der Waals surface area (Å²) in [5, 5.41) is 15.1. The van der Waals surface area contributed by atoms with Gasteiger partial charge in [-0.3, -0.25) is 4.98 Å². The lowest BCUT2D eigenvalue weighted by atomic mass is 9.85. The number of benzene rings is 2. The van der Waals surface area contributed by atoms with Gasteiger partial charge in [0.15, 0.2) is 0 Å². The Kier molecular flexibility index (Phi) is 5.77. The van der Waals surface area contributed by atoms with E-state index in [0.717, 1.165) is 49.0 Å². The van der Waals surface area contributed by atoms with Crippen LogP contribution >= 0.6 is 0 Å². The van der Waals surface area contributed by atoms with Crippen molar-refractivity contribution in [2.45, 2.75) is 30.8 Å². The highest BCUT2D eigenvalue weighted by Gasteiger charge is 2.49. The van der Waals surface area contributed by atoms with Crippen molar-refractivity contribution in [3.8, 4) is 11.1 Å². The van der Waals surface area contributed by atoms with E-state index in [1.54, 1.807) is 6.20 Å². The summed E-state index contributed by atoms with van der Waals surface area (Å²) in [4.78, 5) is 17.7. The molecule has 164 valence electrons. The Balaban J connectivity index is 1.39. The van der Waals surface area contributed by atoms with E-state index >= 15 is 0 Å². The van der Waals surface area contributed by atoms with Gasteiger partial charge in [-0.05, 0) is 61.0 Å². The smallest absolute Gasteiger partial charge is 0.347 e. The molecule has 1 unspecified atom stereocenters. The number of ether oxygens (including phenoxy) is 1. The van der Waals surface area contributed by atoms with E-state index in [4.69, 9.17) is 4.74 Å². The van der Waals surface area contributed by atoms with E-state index in [9.17, 15) is 9.90 Å². The average Bonchev–Trinajstić information content (AvgIpc) is 3.13. The third-order valence-electron chi connectivity index (χ3n) is 6.87. The Morgan fingerprint density at radius 3 is 2.31 bits per heavy atom. The number of esters is 1. The number of carbonyl (C=O) groups excluding carboxylic acids is 1. The maximum atomic E-state index is 13.4. The van der Waals surface area contributed by atoms with Gasteiger partial charge in [0.1, 0.15) is 0 Å². The molecule has 0 radical (unpaired) electrons. The van der Waals surface area contributed by atoms with E-state index in [1.165, 1.54) is 0 Å². The molecule has 1 aliphatic carbocycles. The molecular formula is C27H28N2O3. The minimum Gasteiger partial charge on any atom is -0.462 e. The van der Waals surface area contributed by atoms with Crippen molar-refractivity contribution < 1.29 is 14.6 Å². The summed E-state index contributed by atoms with van der Waals surface area (Å²) in [6, 6.07) is 19.0. The molecular weight excluding hydrogens is 400 g/mol. The molecule has 1 aliphatic heterocycles. The van der Waals surface area contributed by atoms with Gasteiger partial charge in [0.05, 0.1) is 6.61 Å². The van der Waals surface area contributed by atoms with E-state index in [2.05, 4.69) is 10.3 Å². The second-order valence-electron chi connectivity index (χ2n) is 8.81. The van der Waals surface area contributed by atoms with Crippen molar-refractivity contribution in [1.82, 2.24) is 10.3 Å². The predicted molar refractivity (Wildman–Crippen MR) is 123 cm³/mol. The first-order valence-corrected chi connectivity index (χ1v) is 11.4. The molecule has 1 aromatic heterocycles. The van der Waals surface area contributed by atoms with Gasteiger partial charge in [0, 0.05) is 29.4 Å². The summed E-state index contributed by atoms with van der Waals surface area (Å²) < 4.78 is 5.87. The largest absolute Gasteiger partial charge is 0.462 e. The van der Waals surface area contributed by atoms with Crippen molar-refractivity contribution >= 4 is 5.97 Å². The van der Waals surface area contributed by atoms with Crippen molar-refractivity contribution in [2.24, 2.45) is 5.92 Å². The van der Waals surface area contributed by atoms with Crippen molar-refractivity contribution in [2.75, 3.05) is 19.7 Å². The van der Waals surface area contributed by atoms with Gasteiger partial charge in [0.2, 0.25) is 5.60 Å². The highest BCUT2D eigenvalue weighted by molar-refractivity contribution is 5.96. The van der Waals surface area contributed by atoms with Gasteiger partial charge in [-0.25, -0.2) is 4.79 Å². The number of nitrogens with zero attached hydrogens (tertiary/aromatic N) is 1. The molecule has 2 N–H and O–H groups in total. The van der Waals surface area contributed by atoms with Crippen LogP contribution in [0.5, 0.6) is 0 Å². The summed E-state index contributed by atoms with van der Waals surface area (Å²) in [6.45, 7) is 2.27. The highest BCUT2D eigenvalue weighted by Crippen LogP contribution is 2.48. The van der Waals surface area contributed by atoms with Crippen LogP contribution in [0.1, 0.15) is 41.9 Å². The molecule has 32 heavy (non-hydrogen) atoms. The molecule has 2 aromatic carbocycles. The molecule has 5 heteroatoms. The number of aliphatic hydroxyl groups is 1. The van der Waals surface area contributed by atoms with Gasteiger partial charge in [-0.1, -0.05) is 54.6 Å². The first-order chi connectivity index (χ1) is 15.7. The molecule has 0 bridgehead atoms. The van der Waals surface area contributed by atoms with Crippen LogP contribution in [0.2, 0.25) is 0 Å². The quantitative estimate of drug-likeness (QED) is 0.581. The summed E-state index contributed by atoms with van der Waals surface area (Å²) in [5.74, 6) is 0.0107. The number of nitrogens with one attached hydrogen (secondary N) is 1. The second kappa shape index (κ2) is 8.85. The minimum atomic E-state index is -1.79. The van der Waals surface area contributed by atoms with Crippen molar-refractivity contribution in [3.05, 3.63) is 89.7 Å². The Morgan fingerprint density at radius 2 is 1.69 bits per heavy atom. The van der Waals surface area contributed by atoms with E-state index in [1.807, 2.05) is 66.9 Å². The van der Waals surface area contributed by atoms with Crippen LogP contribution in [-0.4, -0.2) is 35.8 Å². The Morgan fingerprint density at radius 1 is 1.03 bits per heavy atom. The molecule has 0 saturated carbocycles. The SMILES string of the molecule is O=C(OCC(CC1CCNCC1)c1cccnc1)C1(O)c2ccccc2-c2ccccc21. The van der Waals surface area contributed by atoms with Gasteiger partial charge in [-0.15, -0.1) is 0 Å². The lowest BCUT2D eigenvalue weighted by Gasteiger charge is -2.29. The first kappa shape index (κ1) is 20.9. The fourth-order valence-corrected chi connectivity index (χ4v) is 5.15. The van der Waals surface area contributed by atoms with Crippen LogP contribution in [0, 0.1) is 5.92 Å². The van der Waals surface area contributed by atoms with E-state index in [0.29, 0.717) is 17.0 Å². The molecule has 5 nitrogen and oxygen atoms in total. The molecule has 0 spiro atoms. The maximum absolute atomic E-state index is 13.4. The summed E-state index contributed by atoms with van der Waals surface area (Å²) in [7, 11) is 0. The normalized spacial score (nSPS) is 17.9. The molecule has 5 rings (SSSR count). The van der Waals surface area contributed by atoms with Crippen LogP contribution < -0.4 is 5.32 Å². The zero-order valence-corrected chi connectivity index (χ0v) is 18.0. The highest BCUT2D eigenvalue weighted by atomic mass is 16.5. The zero-order valence-electron chi connectivity index (χ0n) is 18.0. The summed E-state index contributed by atoms with van der Waals surface area (Å²) >= 11 is 0. The zero-order chi connectivity index (χ0) is 22.0. The van der Waals surface area contributed by atoms with Gasteiger partial charge in [0.25, 0.3) is 0 Å². The minimum absolute atomic E-state index is 0.0474. The average molecular weight is 429 g/mol. The number of piperidine rings is 1. The van der Waals surface area contributed by atoms with E-state index in [-0.39, 0.29) is 12.5 Å². The second-order valence-corrected chi connectivity index (χ2v) is 8.81. The molecule has 1 atom stereocenters. The molecule has 2 heterocycles. The fraction of sp³-hybridized carbons (Fsp3) is 0.333. The predicted octanol–water partition coefficient (Wildman–Crippen LogP) is 4.01. The standard InChI is InChI=1S/C27H28N2O3/c30-26(27(31)24-9-3-1-7-22(24)23-8-2-4-10-25(23)27)32-18-21(20-6-5-13-29-17-20)16-19-11-14-28-15-12-19/h1-10,13,17,19,21,28,31H,11-12,14-16,18H2. The monoisotopic (exact) mass is 428 g/mol. The lowest BCUT2D eigenvalue weighted by molar-refractivity contribution is -0.162. The van der Waals surface area contributed by atoms with Gasteiger partial charge >= 0.3 is 5.97 Å². The van der Waals surface area contributed by atoms with Gasteiger partial charge in [-0.2, -0.15) is 0 Å². The van der Waals surface area contributed by atoms with Crippen LogP contribution in [-0.2, 0) is 15.1 Å². The number of hydrogen-bond donors (Lipinski definition) is 2. The Labute approximate surface area is 188 Å². The number of carbonyl (C=O) groups is 1. The summed E-state index contributed by atoms with van der Waals surface area (Å²) in [5.41, 5.74) is 2.20. The molecule has 1 saturated heterocycles.